The van der Waals surface area contributed by atoms with Crippen molar-refractivity contribution >= 4 is 5.78 Å². The lowest BCUT2D eigenvalue weighted by atomic mass is 9.48. The van der Waals surface area contributed by atoms with Crippen LogP contribution in [0.15, 0.2) is 42.5 Å². The van der Waals surface area contributed by atoms with Crippen LogP contribution in [-0.4, -0.2) is 51.7 Å². The number of carbonyl (C=O) groups excluding carboxylic acids is 1. The lowest BCUT2D eigenvalue weighted by Crippen LogP contribution is -2.77. The smallest absolute Gasteiger partial charge is 0.174 e. The number of hydrogen-bond acceptors (Lipinski definition) is 6. The molecule has 2 aromatic rings. The first-order valence-electron chi connectivity index (χ1n) is 12.2. The highest BCUT2D eigenvalue weighted by Crippen LogP contribution is 2.67. The Labute approximate surface area is 193 Å². The topological polar surface area (TPSA) is 79.2 Å². The molecule has 1 spiro atoms. The van der Waals surface area contributed by atoms with Crippen LogP contribution in [0.4, 0.5) is 0 Å². The second-order valence-electron chi connectivity index (χ2n) is 10.6. The molecular formula is C27H29NO5. The minimum Gasteiger partial charge on any atom is -0.485 e. The lowest BCUT2D eigenvalue weighted by Gasteiger charge is -2.63. The molecule has 3 aliphatic carbocycles. The fourth-order valence-corrected chi connectivity index (χ4v) is 7.17. The maximum atomic E-state index is 13.2. The molecule has 1 saturated heterocycles. The number of rotatable bonds is 5. The number of likely N-dealkylation sites (tertiary alicyclic amines) is 1. The molecule has 5 aliphatic rings. The van der Waals surface area contributed by atoms with Crippen LogP contribution < -0.4 is 9.47 Å². The minimum absolute atomic E-state index is 0.0432. The van der Waals surface area contributed by atoms with Crippen LogP contribution in [0.2, 0.25) is 0 Å². The molecule has 2 heterocycles. The van der Waals surface area contributed by atoms with Gasteiger partial charge in [-0.3, -0.25) is 9.69 Å². The molecule has 2 aromatic carbocycles. The molecule has 6 nitrogen and oxygen atoms in total. The normalized spacial score (nSPS) is 36.3. The molecule has 6 heteroatoms. The molecular weight excluding hydrogens is 418 g/mol. The van der Waals surface area contributed by atoms with Gasteiger partial charge in [0, 0.05) is 18.5 Å². The molecule has 0 radical (unpaired) electrons. The van der Waals surface area contributed by atoms with Gasteiger partial charge in [-0.25, -0.2) is 0 Å². The molecule has 2 aliphatic heterocycles. The third-order valence-corrected chi connectivity index (χ3v) is 8.82. The molecule has 5 atom stereocenters. The maximum absolute atomic E-state index is 13.2. The van der Waals surface area contributed by atoms with E-state index < -0.39 is 29.3 Å². The van der Waals surface area contributed by atoms with E-state index in [-0.39, 0.29) is 12.2 Å². The highest BCUT2D eigenvalue weighted by Gasteiger charge is 2.75. The predicted molar refractivity (Wildman–Crippen MR) is 120 cm³/mol. The van der Waals surface area contributed by atoms with Crippen molar-refractivity contribution in [2.24, 2.45) is 5.92 Å². The van der Waals surface area contributed by atoms with Gasteiger partial charge in [-0.2, -0.15) is 0 Å². The Morgan fingerprint density at radius 2 is 1.94 bits per heavy atom. The summed E-state index contributed by atoms with van der Waals surface area (Å²) in [4.78, 5) is 15.4. The first-order chi connectivity index (χ1) is 16.0. The van der Waals surface area contributed by atoms with Crippen molar-refractivity contribution in [1.29, 1.82) is 0 Å². The van der Waals surface area contributed by atoms with Crippen LogP contribution in [0.1, 0.15) is 54.9 Å². The summed E-state index contributed by atoms with van der Waals surface area (Å²) in [7, 11) is 0. The Bertz CT molecular complexity index is 1130. The van der Waals surface area contributed by atoms with Gasteiger partial charge in [-0.15, -0.1) is 0 Å². The number of hydrogen-bond donors (Lipinski definition) is 2. The van der Waals surface area contributed by atoms with Crippen LogP contribution in [0.3, 0.4) is 0 Å². The summed E-state index contributed by atoms with van der Waals surface area (Å²) in [5, 5.41) is 23.9. The number of piperidine rings is 1. The average Bonchev–Trinajstić information content (AvgIpc) is 3.56. The highest BCUT2D eigenvalue weighted by atomic mass is 16.5. The number of ether oxygens (including phenoxy) is 2. The first kappa shape index (κ1) is 20.0. The van der Waals surface area contributed by atoms with Gasteiger partial charge in [0.15, 0.2) is 23.4 Å². The zero-order valence-corrected chi connectivity index (χ0v) is 18.6. The zero-order valence-electron chi connectivity index (χ0n) is 18.6. The van der Waals surface area contributed by atoms with Crippen LogP contribution >= 0.6 is 0 Å². The van der Waals surface area contributed by atoms with Gasteiger partial charge in [0.2, 0.25) is 0 Å². The van der Waals surface area contributed by atoms with Crippen molar-refractivity contribution in [3.8, 4) is 11.5 Å². The Balaban J connectivity index is 1.35. The Kier molecular flexibility index (Phi) is 4.13. The molecule has 2 saturated carbocycles. The molecule has 172 valence electrons. The largest absolute Gasteiger partial charge is 0.485 e. The van der Waals surface area contributed by atoms with Crippen molar-refractivity contribution in [3.05, 3.63) is 59.2 Å². The number of nitrogens with zero attached hydrogens (tertiary/aromatic N) is 1. The molecule has 0 aromatic heterocycles. The third-order valence-electron chi connectivity index (χ3n) is 8.82. The van der Waals surface area contributed by atoms with E-state index in [4.69, 9.17) is 9.47 Å². The lowest BCUT2D eigenvalue weighted by molar-refractivity contribution is -0.211. The molecule has 3 fully saturated rings. The van der Waals surface area contributed by atoms with E-state index in [1.165, 1.54) is 12.8 Å². The van der Waals surface area contributed by atoms with Crippen LogP contribution in [0, 0.1) is 5.92 Å². The maximum Gasteiger partial charge on any atom is 0.174 e. The molecule has 0 unspecified atom stereocenters. The summed E-state index contributed by atoms with van der Waals surface area (Å²) in [6, 6.07) is 13.3. The van der Waals surface area contributed by atoms with E-state index in [1.807, 2.05) is 42.5 Å². The van der Waals surface area contributed by atoms with E-state index in [0.717, 1.165) is 29.8 Å². The van der Waals surface area contributed by atoms with Gasteiger partial charge in [0.25, 0.3) is 0 Å². The molecule has 2 N–H and O–H groups in total. The third kappa shape index (κ3) is 2.57. The van der Waals surface area contributed by atoms with E-state index in [0.29, 0.717) is 36.9 Å². The van der Waals surface area contributed by atoms with Crippen molar-refractivity contribution in [3.63, 3.8) is 0 Å². The summed E-state index contributed by atoms with van der Waals surface area (Å²) in [5.41, 5.74) is 0.613. The summed E-state index contributed by atoms with van der Waals surface area (Å²) < 4.78 is 12.6. The Morgan fingerprint density at radius 1 is 1.12 bits per heavy atom. The van der Waals surface area contributed by atoms with Crippen molar-refractivity contribution in [2.75, 3.05) is 13.1 Å². The fourth-order valence-electron chi connectivity index (χ4n) is 7.17. The number of aliphatic hydroxyl groups is 2. The van der Waals surface area contributed by atoms with Crippen LogP contribution in [0.25, 0.3) is 0 Å². The number of ketones is 1. The van der Waals surface area contributed by atoms with Gasteiger partial charge < -0.3 is 19.7 Å². The monoisotopic (exact) mass is 447 g/mol. The van der Waals surface area contributed by atoms with Gasteiger partial charge in [0.1, 0.15) is 6.61 Å². The standard InChI is InChI=1S/C27H29NO5/c29-19-10-11-27(31)24-22(30)18-8-9-20(32-15-17-4-2-1-3-5-17)23-21(18)26(27,25(19)33-23)12-13-28(24)14-16-6-7-16/h1-5,8-9,16,22,24-25,30-31H,6-7,10-15H2/t22-,24-,25+,26+,27-/m1/s1. The second kappa shape index (κ2) is 6.81. The van der Waals surface area contributed by atoms with Gasteiger partial charge in [-0.05, 0) is 55.3 Å². The van der Waals surface area contributed by atoms with E-state index in [2.05, 4.69) is 4.90 Å². The van der Waals surface area contributed by atoms with Crippen LogP contribution in [0.5, 0.6) is 11.5 Å². The van der Waals surface area contributed by atoms with Crippen molar-refractivity contribution < 1.29 is 24.5 Å². The van der Waals surface area contributed by atoms with Gasteiger partial charge >= 0.3 is 0 Å². The molecule has 7 rings (SSSR count). The number of aliphatic hydroxyl groups excluding tert-OH is 1. The van der Waals surface area contributed by atoms with Gasteiger partial charge in [-0.1, -0.05) is 36.4 Å². The van der Waals surface area contributed by atoms with Gasteiger partial charge in [0.05, 0.1) is 23.2 Å². The van der Waals surface area contributed by atoms with E-state index >= 15 is 0 Å². The van der Waals surface area contributed by atoms with Crippen molar-refractivity contribution in [1.82, 2.24) is 4.90 Å². The zero-order chi connectivity index (χ0) is 22.4. The predicted octanol–water partition coefficient (Wildman–Crippen LogP) is 2.89. The summed E-state index contributed by atoms with van der Waals surface area (Å²) in [6.45, 7) is 2.04. The Morgan fingerprint density at radius 3 is 2.73 bits per heavy atom. The quantitative estimate of drug-likeness (QED) is 0.734. The number of benzene rings is 2. The first-order valence-corrected chi connectivity index (χ1v) is 12.2. The average molecular weight is 448 g/mol. The van der Waals surface area contributed by atoms with E-state index in [9.17, 15) is 15.0 Å². The fraction of sp³-hybridized carbons (Fsp3) is 0.519. The number of Topliss-reactive ketones (excluding diaryl/α,β-unsaturated/α-hetero) is 1. The summed E-state index contributed by atoms with van der Waals surface area (Å²) >= 11 is 0. The second-order valence-corrected chi connectivity index (χ2v) is 10.6. The highest BCUT2D eigenvalue weighted by molar-refractivity contribution is 5.90. The summed E-state index contributed by atoms with van der Waals surface area (Å²) in [6.07, 6.45) is 2.18. The SMILES string of the molecule is O=C1CC[C@@]2(O)[C@H]3[C@H](O)c4ccc(OCc5ccccc5)c5c4[C@@]2(CCN3CC2CC2)[C@H]1O5. The minimum atomic E-state index is -1.20. The Hall–Kier alpha value is -2.41. The van der Waals surface area contributed by atoms with Crippen molar-refractivity contribution in [2.45, 2.75) is 68.0 Å². The van der Waals surface area contributed by atoms with Crippen LogP contribution in [-0.2, 0) is 16.8 Å². The summed E-state index contributed by atoms with van der Waals surface area (Å²) in [5.74, 6) is 1.81. The molecule has 2 bridgehead atoms. The van der Waals surface area contributed by atoms with E-state index in [1.54, 1.807) is 0 Å². The molecule has 33 heavy (non-hydrogen) atoms. The number of carbonyl (C=O) groups is 1. The molecule has 0 amide bonds.